The molecule has 0 bridgehead atoms. The molecule has 2 aromatic carbocycles. The van der Waals surface area contributed by atoms with Crippen molar-refractivity contribution in [2.24, 2.45) is 0 Å². The van der Waals surface area contributed by atoms with Gasteiger partial charge in [0, 0.05) is 22.3 Å². The molecule has 1 aliphatic heterocycles. The first kappa shape index (κ1) is 20.1. The van der Waals surface area contributed by atoms with Crippen molar-refractivity contribution in [3.05, 3.63) is 76.5 Å². The van der Waals surface area contributed by atoms with E-state index in [9.17, 15) is 14.7 Å². The van der Waals surface area contributed by atoms with Crippen molar-refractivity contribution in [2.75, 3.05) is 18.5 Å². The Morgan fingerprint density at radius 3 is 2.50 bits per heavy atom. The maximum atomic E-state index is 12.5. The standard InChI is InChI=1S/C21H21ClN2O4/c1-2-21(28,14-6-4-3-5-7-14)16-12-15(22)8-9-17(16)23-18-13-19(26)24(10-11-25)20(18)27/h3-9,12-13,23,25,28H,2,10-11H2,1H3. The molecule has 0 fully saturated rings. The van der Waals surface area contributed by atoms with E-state index in [4.69, 9.17) is 16.7 Å². The number of β-amino-alcohol motifs (C(OH)–C–C–N with tert-alkyl or cyclic N) is 1. The molecule has 3 rings (SSSR count). The Kier molecular flexibility index (Phi) is 5.84. The van der Waals surface area contributed by atoms with Crippen molar-refractivity contribution in [2.45, 2.75) is 18.9 Å². The highest BCUT2D eigenvalue weighted by molar-refractivity contribution is 6.30. The average molecular weight is 401 g/mol. The Morgan fingerprint density at radius 2 is 1.86 bits per heavy atom. The Labute approximate surface area is 168 Å². The fraction of sp³-hybridized carbons (Fsp3) is 0.238. The second kappa shape index (κ2) is 8.14. The molecule has 1 atom stereocenters. The van der Waals surface area contributed by atoms with Gasteiger partial charge in [0.2, 0.25) is 0 Å². The van der Waals surface area contributed by atoms with Crippen molar-refractivity contribution < 1.29 is 19.8 Å². The van der Waals surface area contributed by atoms with Crippen molar-refractivity contribution in [3.8, 4) is 0 Å². The summed E-state index contributed by atoms with van der Waals surface area (Å²) < 4.78 is 0. The maximum absolute atomic E-state index is 12.5. The summed E-state index contributed by atoms with van der Waals surface area (Å²) in [7, 11) is 0. The number of carbonyl (C=O) groups excluding carboxylic acids is 2. The molecule has 0 spiro atoms. The number of nitrogens with one attached hydrogen (secondary N) is 1. The number of rotatable bonds is 7. The summed E-state index contributed by atoms with van der Waals surface area (Å²) in [4.78, 5) is 25.4. The van der Waals surface area contributed by atoms with Crippen LogP contribution in [0.1, 0.15) is 24.5 Å². The number of aliphatic hydroxyl groups excluding tert-OH is 1. The predicted molar refractivity (Wildman–Crippen MR) is 107 cm³/mol. The van der Waals surface area contributed by atoms with E-state index in [2.05, 4.69) is 5.32 Å². The zero-order chi connectivity index (χ0) is 20.3. The highest BCUT2D eigenvalue weighted by atomic mass is 35.5. The van der Waals surface area contributed by atoms with Gasteiger partial charge in [-0.25, -0.2) is 0 Å². The zero-order valence-electron chi connectivity index (χ0n) is 15.4. The fourth-order valence-electron chi connectivity index (χ4n) is 3.29. The Balaban J connectivity index is 2.02. The van der Waals surface area contributed by atoms with Gasteiger partial charge in [-0.1, -0.05) is 48.9 Å². The first-order valence-electron chi connectivity index (χ1n) is 8.94. The Morgan fingerprint density at radius 1 is 1.14 bits per heavy atom. The van der Waals surface area contributed by atoms with Crippen LogP contribution in [0.2, 0.25) is 5.02 Å². The van der Waals surface area contributed by atoms with E-state index in [0.717, 1.165) is 4.90 Å². The van der Waals surface area contributed by atoms with Gasteiger partial charge in [-0.3, -0.25) is 14.5 Å². The van der Waals surface area contributed by atoms with Crippen LogP contribution in [0, 0.1) is 0 Å². The average Bonchev–Trinajstić information content (AvgIpc) is 2.97. The van der Waals surface area contributed by atoms with Gasteiger partial charge in [-0.15, -0.1) is 0 Å². The largest absolute Gasteiger partial charge is 0.395 e. The molecule has 0 aromatic heterocycles. The van der Waals surface area contributed by atoms with Crippen LogP contribution >= 0.6 is 11.6 Å². The van der Waals surface area contributed by atoms with Gasteiger partial charge in [-0.2, -0.15) is 0 Å². The number of imide groups is 1. The van der Waals surface area contributed by atoms with E-state index in [1.807, 2.05) is 37.3 Å². The van der Waals surface area contributed by atoms with Crippen LogP contribution < -0.4 is 5.32 Å². The normalized spacial score (nSPS) is 16.1. The van der Waals surface area contributed by atoms with E-state index in [0.29, 0.717) is 28.3 Å². The number of carbonyl (C=O) groups is 2. The molecule has 2 aromatic rings. The number of aliphatic hydroxyl groups is 2. The molecule has 0 aliphatic carbocycles. The smallest absolute Gasteiger partial charge is 0.277 e. The van der Waals surface area contributed by atoms with Crippen LogP contribution in [-0.2, 0) is 15.2 Å². The van der Waals surface area contributed by atoms with Gasteiger partial charge in [0.1, 0.15) is 11.3 Å². The summed E-state index contributed by atoms with van der Waals surface area (Å²) in [6.45, 7) is 1.47. The summed E-state index contributed by atoms with van der Waals surface area (Å²) in [5.41, 5.74) is 0.387. The van der Waals surface area contributed by atoms with Crippen molar-refractivity contribution in [1.29, 1.82) is 0 Å². The first-order valence-corrected chi connectivity index (χ1v) is 9.32. The van der Waals surface area contributed by atoms with Crippen LogP contribution in [0.4, 0.5) is 5.69 Å². The second-order valence-electron chi connectivity index (χ2n) is 6.47. The lowest BCUT2D eigenvalue weighted by Gasteiger charge is -2.30. The summed E-state index contributed by atoms with van der Waals surface area (Å²) in [5.74, 6) is -1.02. The number of hydrogen-bond donors (Lipinski definition) is 3. The summed E-state index contributed by atoms with van der Waals surface area (Å²) >= 11 is 6.19. The lowest BCUT2D eigenvalue weighted by molar-refractivity contribution is -0.137. The Bertz CT molecular complexity index is 929. The fourth-order valence-corrected chi connectivity index (χ4v) is 3.46. The van der Waals surface area contributed by atoms with Crippen LogP contribution in [0.15, 0.2) is 60.3 Å². The quantitative estimate of drug-likeness (QED) is 0.622. The molecule has 1 aliphatic rings. The molecular weight excluding hydrogens is 380 g/mol. The lowest BCUT2D eigenvalue weighted by atomic mass is 9.83. The number of anilines is 1. The van der Waals surface area contributed by atoms with E-state index in [1.165, 1.54) is 6.08 Å². The monoisotopic (exact) mass is 400 g/mol. The molecule has 3 N–H and O–H groups in total. The van der Waals surface area contributed by atoms with Crippen LogP contribution in [0.25, 0.3) is 0 Å². The molecule has 0 saturated heterocycles. The molecule has 7 heteroatoms. The van der Waals surface area contributed by atoms with Crippen molar-refractivity contribution >= 4 is 29.1 Å². The van der Waals surface area contributed by atoms with E-state index in [1.54, 1.807) is 18.2 Å². The highest BCUT2D eigenvalue weighted by Gasteiger charge is 2.35. The summed E-state index contributed by atoms with van der Waals surface area (Å²) in [6.07, 6.45) is 1.55. The topological polar surface area (TPSA) is 89.9 Å². The minimum Gasteiger partial charge on any atom is -0.395 e. The predicted octanol–water partition coefficient (Wildman–Crippen LogP) is 2.64. The number of benzene rings is 2. The Hall–Kier alpha value is -2.67. The summed E-state index contributed by atoms with van der Waals surface area (Å²) in [6, 6.07) is 14.1. The number of hydrogen-bond acceptors (Lipinski definition) is 5. The lowest BCUT2D eigenvalue weighted by Crippen LogP contribution is -2.34. The van der Waals surface area contributed by atoms with Crippen molar-refractivity contribution in [3.63, 3.8) is 0 Å². The highest BCUT2D eigenvalue weighted by Crippen LogP contribution is 2.39. The van der Waals surface area contributed by atoms with Crippen molar-refractivity contribution in [1.82, 2.24) is 4.90 Å². The molecule has 1 heterocycles. The molecule has 146 valence electrons. The third-order valence-electron chi connectivity index (χ3n) is 4.79. The van der Waals surface area contributed by atoms with E-state index >= 15 is 0 Å². The van der Waals surface area contributed by atoms with Crippen LogP contribution in [0.5, 0.6) is 0 Å². The summed E-state index contributed by atoms with van der Waals surface area (Å²) in [5, 5.41) is 23.9. The second-order valence-corrected chi connectivity index (χ2v) is 6.91. The first-order chi connectivity index (χ1) is 13.4. The minimum absolute atomic E-state index is 0.0737. The van der Waals surface area contributed by atoms with E-state index < -0.39 is 17.4 Å². The van der Waals surface area contributed by atoms with Gasteiger partial charge < -0.3 is 15.5 Å². The molecule has 0 saturated carbocycles. The number of halogens is 1. The van der Waals surface area contributed by atoms with Gasteiger partial charge >= 0.3 is 0 Å². The SMILES string of the molecule is CCC(O)(c1ccccc1)c1cc(Cl)ccc1NC1=CC(=O)N(CCO)C1=O. The van der Waals surface area contributed by atoms with Gasteiger partial charge in [0.15, 0.2) is 0 Å². The van der Waals surface area contributed by atoms with Crippen LogP contribution in [-0.4, -0.2) is 40.1 Å². The molecule has 28 heavy (non-hydrogen) atoms. The third kappa shape index (κ3) is 3.67. The maximum Gasteiger partial charge on any atom is 0.277 e. The van der Waals surface area contributed by atoms with Crippen LogP contribution in [0.3, 0.4) is 0 Å². The minimum atomic E-state index is -1.34. The zero-order valence-corrected chi connectivity index (χ0v) is 16.1. The van der Waals surface area contributed by atoms with Gasteiger partial charge in [0.05, 0.1) is 13.2 Å². The van der Waals surface area contributed by atoms with Gasteiger partial charge in [-0.05, 0) is 30.2 Å². The molecule has 0 radical (unpaired) electrons. The molecule has 6 nitrogen and oxygen atoms in total. The number of amides is 2. The molecular formula is C21H21ClN2O4. The molecule has 2 amide bonds. The number of nitrogens with zero attached hydrogens (tertiary/aromatic N) is 1. The third-order valence-corrected chi connectivity index (χ3v) is 5.03. The van der Waals surface area contributed by atoms with Gasteiger partial charge in [0.25, 0.3) is 11.8 Å². The van der Waals surface area contributed by atoms with E-state index in [-0.39, 0.29) is 18.8 Å². The molecule has 1 unspecified atom stereocenters.